The van der Waals surface area contributed by atoms with Gasteiger partial charge in [0.05, 0.1) is 11.9 Å². The molecule has 0 radical (unpaired) electrons. The molecule has 2 fully saturated rings. The molecule has 2 aromatic rings. The van der Waals surface area contributed by atoms with Crippen molar-refractivity contribution in [3.63, 3.8) is 0 Å². The van der Waals surface area contributed by atoms with Crippen molar-refractivity contribution in [2.24, 2.45) is 10.8 Å². The van der Waals surface area contributed by atoms with Gasteiger partial charge in [0.2, 0.25) is 0 Å². The first-order valence-electron chi connectivity index (χ1n) is 11.4. The van der Waals surface area contributed by atoms with E-state index in [-0.39, 0.29) is 16.7 Å². The number of nitrogens with two attached hydrogens (primary N) is 1. The van der Waals surface area contributed by atoms with Crippen LogP contribution in [0.5, 0.6) is 0 Å². The van der Waals surface area contributed by atoms with Crippen LogP contribution in [0.15, 0.2) is 41.5 Å². The highest BCUT2D eigenvalue weighted by Gasteiger charge is 2.28. The van der Waals surface area contributed by atoms with Gasteiger partial charge >= 0.3 is 0 Å². The zero-order valence-corrected chi connectivity index (χ0v) is 20.4. The van der Waals surface area contributed by atoms with Gasteiger partial charge in [-0.25, -0.2) is 8.78 Å². The number of benzene rings is 2. The minimum Gasteiger partial charge on any atom is -0.375 e. The number of likely N-dealkylation sites (N-methyl/N-ethyl adjacent to an activating group) is 1. The Kier molecular flexibility index (Phi) is 7.47. The molecule has 0 spiro atoms. The van der Waals surface area contributed by atoms with Gasteiger partial charge in [0.15, 0.2) is 5.11 Å². The lowest BCUT2D eigenvalue weighted by molar-refractivity contribution is 0.315. The summed E-state index contributed by atoms with van der Waals surface area (Å²) >= 11 is 4.81. The molecule has 2 heterocycles. The highest BCUT2D eigenvalue weighted by molar-refractivity contribution is 7.80. The van der Waals surface area contributed by atoms with E-state index < -0.39 is 0 Å². The molecule has 2 saturated heterocycles. The minimum atomic E-state index is -0.303. The summed E-state index contributed by atoms with van der Waals surface area (Å²) in [6.07, 6.45) is 2.60. The zero-order chi connectivity index (χ0) is 24.2. The maximum absolute atomic E-state index is 15.3. The van der Waals surface area contributed by atoms with E-state index in [0.29, 0.717) is 43.5 Å². The maximum atomic E-state index is 15.3. The molecule has 182 valence electrons. The third-order valence-corrected chi connectivity index (χ3v) is 6.59. The van der Waals surface area contributed by atoms with Crippen LogP contribution >= 0.6 is 12.2 Å². The largest absolute Gasteiger partial charge is 0.375 e. The molecule has 0 amide bonds. The first kappa shape index (κ1) is 24.2. The number of hydrogen-bond donors (Lipinski definition) is 2. The fraction of sp³-hybridized carbons (Fsp3) is 0.417. The molecule has 3 N–H and O–H groups in total. The predicted octanol–water partition coefficient (Wildman–Crippen LogP) is 2.60. The molecule has 10 heteroatoms. The van der Waals surface area contributed by atoms with Crippen LogP contribution in [-0.4, -0.2) is 75.6 Å². The summed E-state index contributed by atoms with van der Waals surface area (Å²) in [5.74, 6) is -0.553. The van der Waals surface area contributed by atoms with Crippen LogP contribution in [0.3, 0.4) is 0 Å². The van der Waals surface area contributed by atoms with E-state index in [9.17, 15) is 4.39 Å². The highest BCUT2D eigenvalue weighted by Crippen LogP contribution is 2.33. The van der Waals surface area contributed by atoms with Gasteiger partial charge in [-0.15, -0.1) is 0 Å². The third-order valence-electron chi connectivity index (χ3n) is 6.50. The first-order valence-corrected chi connectivity index (χ1v) is 11.8. The topological polar surface area (TPSA) is 63.4 Å². The SMILES string of the molecule is CN(C)C1CCN(c2cc(N3CCN(c4cccc(F)c4)CC3)c(F)cc2C=NNC(N)=S)C1. The predicted molar refractivity (Wildman–Crippen MR) is 139 cm³/mol. The molecule has 0 aliphatic carbocycles. The van der Waals surface area contributed by atoms with Crippen molar-refractivity contribution in [3.8, 4) is 0 Å². The van der Waals surface area contributed by atoms with Crippen LogP contribution in [0.25, 0.3) is 0 Å². The van der Waals surface area contributed by atoms with E-state index in [4.69, 9.17) is 18.0 Å². The average Bonchev–Trinajstić information content (AvgIpc) is 3.30. The fourth-order valence-electron chi connectivity index (χ4n) is 4.61. The molecule has 1 atom stereocenters. The summed E-state index contributed by atoms with van der Waals surface area (Å²) in [6, 6.07) is 10.5. The number of halogens is 2. The Morgan fingerprint density at radius 2 is 1.79 bits per heavy atom. The highest BCUT2D eigenvalue weighted by atomic mass is 32.1. The number of hydrazone groups is 1. The van der Waals surface area contributed by atoms with Gasteiger partial charge < -0.3 is 25.3 Å². The Bertz CT molecular complexity index is 1050. The van der Waals surface area contributed by atoms with Crippen LogP contribution in [0.1, 0.15) is 12.0 Å². The molecule has 2 aliphatic heterocycles. The molecule has 0 aromatic heterocycles. The Morgan fingerprint density at radius 1 is 1.06 bits per heavy atom. The third kappa shape index (κ3) is 5.56. The van der Waals surface area contributed by atoms with Gasteiger partial charge in [-0.1, -0.05) is 6.07 Å². The maximum Gasteiger partial charge on any atom is 0.184 e. The number of nitrogens with zero attached hydrogens (tertiary/aromatic N) is 5. The van der Waals surface area contributed by atoms with Crippen molar-refractivity contribution < 1.29 is 8.78 Å². The quantitative estimate of drug-likeness (QED) is 0.369. The van der Waals surface area contributed by atoms with Crippen LogP contribution in [-0.2, 0) is 0 Å². The van der Waals surface area contributed by atoms with E-state index in [1.54, 1.807) is 12.3 Å². The molecule has 2 aromatic carbocycles. The van der Waals surface area contributed by atoms with E-state index in [2.05, 4.69) is 44.2 Å². The van der Waals surface area contributed by atoms with E-state index in [1.165, 1.54) is 18.2 Å². The number of hydrogen-bond acceptors (Lipinski definition) is 6. The van der Waals surface area contributed by atoms with Gasteiger partial charge in [-0.3, -0.25) is 5.43 Å². The van der Waals surface area contributed by atoms with Crippen molar-refractivity contribution in [2.75, 3.05) is 68.1 Å². The standard InChI is InChI=1S/C24H31F2N7S/c1-30(2)20-6-7-33(16-20)22-14-23(21(26)12-17(22)15-28-29-24(27)34)32-10-8-31(9-11-32)19-5-3-4-18(25)13-19/h3-5,12-15,20H,6-11,16H2,1-2H3,(H3,27,29,34). The molecule has 0 bridgehead atoms. The number of piperazine rings is 1. The summed E-state index contributed by atoms with van der Waals surface area (Å²) in [5.41, 5.74) is 11.0. The summed E-state index contributed by atoms with van der Waals surface area (Å²) < 4.78 is 28.9. The van der Waals surface area contributed by atoms with Crippen molar-refractivity contribution in [1.82, 2.24) is 10.3 Å². The Labute approximate surface area is 204 Å². The molecule has 7 nitrogen and oxygen atoms in total. The fourth-order valence-corrected chi connectivity index (χ4v) is 4.66. The van der Waals surface area contributed by atoms with Gasteiger partial charge in [0.25, 0.3) is 0 Å². The van der Waals surface area contributed by atoms with Crippen molar-refractivity contribution >= 4 is 40.6 Å². The van der Waals surface area contributed by atoms with Crippen LogP contribution < -0.4 is 25.9 Å². The second kappa shape index (κ2) is 10.5. The molecule has 4 rings (SSSR count). The van der Waals surface area contributed by atoms with Gasteiger partial charge in [0, 0.05) is 62.2 Å². The Morgan fingerprint density at radius 3 is 2.44 bits per heavy atom. The lowest BCUT2D eigenvalue weighted by Gasteiger charge is -2.38. The lowest BCUT2D eigenvalue weighted by atomic mass is 10.1. The van der Waals surface area contributed by atoms with Crippen LogP contribution in [0.2, 0.25) is 0 Å². The van der Waals surface area contributed by atoms with E-state index in [1.807, 2.05) is 12.1 Å². The van der Waals surface area contributed by atoms with E-state index >= 15 is 4.39 Å². The molecule has 2 aliphatic rings. The average molecular weight is 488 g/mol. The number of rotatable bonds is 6. The number of nitrogens with one attached hydrogen (secondary N) is 1. The van der Waals surface area contributed by atoms with Crippen molar-refractivity contribution in [2.45, 2.75) is 12.5 Å². The van der Waals surface area contributed by atoms with Gasteiger partial charge in [0.1, 0.15) is 11.6 Å². The van der Waals surface area contributed by atoms with Gasteiger partial charge in [-0.05, 0) is 63.1 Å². The molecular formula is C24H31F2N7S. The van der Waals surface area contributed by atoms with Crippen LogP contribution in [0, 0.1) is 11.6 Å². The zero-order valence-electron chi connectivity index (χ0n) is 19.5. The Balaban J connectivity index is 1.57. The minimum absolute atomic E-state index is 0.0555. The molecule has 1 unspecified atom stereocenters. The molecule has 0 saturated carbocycles. The summed E-state index contributed by atoms with van der Waals surface area (Å²) in [4.78, 5) is 8.68. The normalized spacial score (nSPS) is 18.9. The second-order valence-electron chi connectivity index (χ2n) is 8.90. The molecule has 34 heavy (non-hydrogen) atoms. The monoisotopic (exact) mass is 487 g/mol. The smallest absolute Gasteiger partial charge is 0.184 e. The number of thiocarbonyl (C=S) groups is 1. The summed E-state index contributed by atoms with van der Waals surface area (Å²) in [7, 11) is 4.16. The first-order chi connectivity index (χ1) is 16.3. The summed E-state index contributed by atoms with van der Waals surface area (Å²) in [6.45, 7) is 4.39. The lowest BCUT2D eigenvalue weighted by Crippen LogP contribution is -2.47. The van der Waals surface area contributed by atoms with Crippen molar-refractivity contribution in [1.29, 1.82) is 0 Å². The number of anilines is 3. The molecular weight excluding hydrogens is 456 g/mol. The summed E-state index contributed by atoms with van der Waals surface area (Å²) in [5, 5.41) is 4.12. The van der Waals surface area contributed by atoms with Gasteiger partial charge in [-0.2, -0.15) is 5.10 Å². The van der Waals surface area contributed by atoms with Crippen LogP contribution in [0.4, 0.5) is 25.8 Å². The Hall–Kier alpha value is -2.98. The second-order valence-corrected chi connectivity index (χ2v) is 9.34. The van der Waals surface area contributed by atoms with E-state index in [0.717, 1.165) is 30.9 Å². The van der Waals surface area contributed by atoms with Crippen molar-refractivity contribution in [3.05, 3.63) is 53.6 Å².